The van der Waals surface area contributed by atoms with Crippen molar-refractivity contribution in [1.29, 1.82) is 0 Å². The van der Waals surface area contributed by atoms with Crippen molar-refractivity contribution < 1.29 is 16.1 Å². The minimum absolute atomic E-state index is 0.142. The van der Waals surface area contributed by atoms with Crippen molar-refractivity contribution >= 4 is 74.1 Å². The first kappa shape index (κ1) is 45.7. The average molecular weight is 1150 g/mol. The van der Waals surface area contributed by atoms with Crippen LogP contribution in [-0.4, -0.2) is 9.52 Å². The summed E-state index contributed by atoms with van der Waals surface area (Å²) in [4.78, 5) is 0. The third-order valence-electron chi connectivity index (χ3n) is 16.4. The summed E-state index contributed by atoms with van der Waals surface area (Å²) < 4.78 is 1.01. The molecule has 0 amide bonds. The van der Waals surface area contributed by atoms with Gasteiger partial charge in [0.25, 0.3) is 0 Å². The molecule has 0 nitrogen and oxygen atoms in total. The molecule has 0 N–H and O–H groups in total. The van der Waals surface area contributed by atoms with E-state index in [0.29, 0.717) is 0 Å². The maximum absolute atomic E-state index is 9.58. The van der Waals surface area contributed by atoms with Crippen LogP contribution in [0.2, 0.25) is 0 Å². The Kier molecular flexibility index (Phi) is 11.5. The zero-order chi connectivity index (χ0) is 48.6. The van der Waals surface area contributed by atoms with Crippen LogP contribution >= 0.6 is 17.2 Å². The van der Waals surface area contributed by atoms with E-state index < -0.39 is 25.7 Å². The van der Waals surface area contributed by atoms with Crippen molar-refractivity contribution in [2.45, 2.75) is 46.9 Å². The number of hydrogen-bond donors (Lipinski definition) is 0. The van der Waals surface area contributed by atoms with Crippen LogP contribution in [0.4, 0.5) is 0 Å². The van der Waals surface area contributed by atoms with Crippen molar-refractivity contribution in [3.05, 3.63) is 246 Å². The van der Waals surface area contributed by atoms with E-state index in [4.69, 9.17) is 0 Å². The summed E-state index contributed by atoms with van der Waals surface area (Å²) in [5.74, 6) is 0. The van der Waals surface area contributed by atoms with E-state index in [1.54, 1.807) is 0 Å². The van der Waals surface area contributed by atoms with Crippen molar-refractivity contribution in [1.82, 2.24) is 0 Å². The quantitative estimate of drug-likeness (QED) is 0.113. The number of fused-ring (bicyclic) bond motifs is 7. The molecule has 2 unspecified atom stereocenters. The van der Waals surface area contributed by atoms with Crippen LogP contribution in [-0.2, 0) is 16.1 Å². The summed E-state index contributed by atoms with van der Waals surface area (Å²) in [6.07, 6.45) is 8.94. The second-order valence-electron chi connectivity index (χ2n) is 20.4. The molecular formula is C68H55Cl2HfSi. The molecule has 0 bridgehead atoms. The fourth-order valence-electron chi connectivity index (χ4n) is 13.6. The molecule has 349 valence electrons. The van der Waals surface area contributed by atoms with Crippen LogP contribution < -0.4 is 13.7 Å². The van der Waals surface area contributed by atoms with Gasteiger partial charge in [-0.2, -0.15) is 0 Å². The molecule has 0 saturated carbocycles. The fourth-order valence-corrected chi connectivity index (χ4v) is 52.7. The van der Waals surface area contributed by atoms with Gasteiger partial charge >= 0.3 is 438 Å². The predicted molar refractivity (Wildman–Crippen MR) is 312 cm³/mol. The molecule has 10 aromatic rings. The van der Waals surface area contributed by atoms with Gasteiger partial charge in [-0.15, -0.1) is 0 Å². The van der Waals surface area contributed by atoms with Crippen molar-refractivity contribution in [2.24, 2.45) is 0 Å². The second kappa shape index (κ2) is 18.1. The Morgan fingerprint density at radius 1 is 0.375 bits per heavy atom. The van der Waals surface area contributed by atoms with E-state index in [0.717, 1.165) is 25.7 Å². The number of halogens is 2. The van der Waals surface area contributed by atoms with Gasteiger partial charge in [0, 0.05) is 0 Å². The van der Waals surface area contributed by atoms with Gasteiger partial charge in [0.05, 0.1) is 0 Å². The maximum atomic E-state index is 9.58. The van der Waals surface area contributed by atoms with E-state index in [9.17, 15) is 17.2 Å². The molecule has 0 spiro atoms. The van der Waals surface area contributed by atoms with Gasteiger partial charge < -0.3 is 0 Å². The molecule has 10 aromatic carbocycles. The van der Waals surface area contributed by atoms with Crippen molar-refractivity contribution in [3.63, 3.8) is 0 Å². The SMILES string of the molecule is CCCC1=Cc2c(-c3ccccc3-c3cccc4ccccc34)cccc2[CH]1[Hf]([Cl])([Cl])([c]1cccc2c1[SiH2]c1ccccc1-2)[CH]1C(CCC)=Cc2c(-c3ccccc3-c3cccc4ccccc34)cccc21. The number of benzene rings is 10. The van der Waals surface area contributed by atoms with Gasteiger partial charge in [-0.05, 0) is 0 Å². The molecule has 4 heteroatoms. The van der Waals surface area contributed by atoms with E-state index in [1.165, 1.54) is 124 Å². The van der Waals surface area contributed by atoms with Gasteiger partial charge in [0.2, 0.25) is 0 Å². The Balaban J connectivity index is 1.07. The standard InChI is InChI=1S/2C28H23.C12H9Si.2ClH.Hf/c2*1-2-9-20-18-22-12-8-17-27(28(22)19-20)26-15-6-5-14-25(26)24-16-7-11-21-10-3-4-13-23(21)24;1-3-7-11-9(5-1)10-6-2-4-8-12(10)13-11;;;/h2*3-8,10-19H,2,9H2,1H3;1-7H,13H2;2*1H;/q;;;;;+2/p-2. The second-order valence-corrected chi connectivity index (χ2v) is 51.5. The summed E-state index contributed by atoms with van der Waals surface area (Å²) in [5, 5.41) is 7.95. The average Bonchev–Trinajstić information content (AvgIpc) is 4.13. The van der Waals surface area contributed by atoms with E-state index in [-0.39, 0.29) is 7.35 Å². The third-order valence-corrected chi connectivity index (χ3v) is 48.1. The molecule has 1 aliphatic heterocycles. The first-order valence-corrected chi connectivity index (χ1v) is 42.2. The van der Waals surface area contributed by atoms with E-state index in [2.05, 4.69) is 238 Å². The minimum atomic E-state index is -5.98. The number of rotatable bonds is 11. The summed E-state index contributed by atoms with van der Waals surface area (Å²) in [6, 6.07) is 79.2. The first-order chi connectivity index (χ1) is 35.3. The van der Waals surface area contributed by atoms with Crippen LogP contribution in [0.15, 0.2) is 223 Å². The fraction of sp³-hybridized carbons (Fsp3) is 0.118. The molecule has 0 aromatic heterocycles. The zero-order valence-electron chi connectivity index (χ0n) is 40.8. The Labute approximate surface area is 434 Å². The van der Waals surface area contributed by atoms with Gasteiger partial charge in [-0.3, -0.25) is 0 Å². The summed E-state index contributed by atoms with van der Waals surface area (Å²) >= 11 is -5.98. The number of hydrogen-bond acceptors (Lipinski definition) is 0. The molecule has 2 atom stereocenters. The van der Waals surface area contributed by atoms with Gasteiger partial charge in [-0.1, -0.05) is 0 Å². The Hall–Kier alpha value is -6.13. The molecule has 2 aliphatic carbocycles. The van der Waals surface area contributed by atoms with Crippen molar-refractivity contribution in [3.8, 4) is 55.6 Å². The Bertz CT molecular complexity index is 3680. The topological polar surface area (TPSA) is 0 Å². The monoisotopic (exact) mass is 1150 g/mol. The number of allylic oxidation sites excluding steroid dienone is 2. The van der Waals surface area contributed by atoms with E-state index >= 15 is 0 Å². The zero-order valence-corrected chi connectivity index (χ0v) is 47.3. The first-order valence-electron chi connectivity index (χ1n) is 25.9. The third kappa shape index (κ3) is 7.08. The van der Waals surface area contributed by atoms with Crippen LogP contribution in [0.25, 0.3) is 89.3 Å². The summed E-state index contributed by atoms with van der Waals surface area (Å²) in [7, 11) is 18.2. The normalized spacial score (nSPS) is 16.5. The summed E-state index contributed by atoms with van der Waals surface area (Å²) in [6.45, 7) is 4.64. The van der Waals surface area contributed by atoms with Crippen LogP contribution in [0.1, 0.15) is 69.1 Å². The van der Waals surface area contributed by atoms with Gasteiger partial charge in [-0.25, -0.2) is 0 Å². The summed E-state index contributed by atoms with van der Waals surface area (Å²) in [5.41, 5.74) is 20.5. The molecule has 1 heterocycles. The Morgan fingerprint density at radius 3 is 1.26 bits per heavy atom. The molecule has 13 rings (SSSR count). The van der Waals surface area contributed by atoms with Crippen LogP contribution in [0.5, 0.6) is 0 Å². The van der Waals surface area contributed by atoms with Crippen LogP contribution in [0.3, 0.4) is 0 Å². The molecule has 0 fully saturated rings. The Morgan fingerprint density at radius 2 is 0.750 bits per heavy atom. The molecule has 0 radical (unpaired) electrons. The van der Waals surface area contributed by atoms with E-state index in [1.807, 2.05) is 0 Å². The molecular weight excluding hydrogens is 1090 g/mol. The molecule has 3 aliphatic rings. The predicted octanol–water partition coefficient (Wildman–Crippen LogP) is 17.3. The van der Waals surface area contributed by atoms with Crippen molar-refractivity contribution in [2.75, 3.05) is 0 Å². The molecule has 72 heavy (non-hydrogen) atoms. The molecule has 0 saturated heterocycles. The van der Waals surface area contributed by atoms with Crippen LogP contribution in [0, 0.1) is 0 Å². The van der Waals surface area contributed by atoms with Gasteiger partial charge in [0.1, 0.15) is 0 Å². The van der Waals surface area contributed by atoms with Gasteiger partial charge in [0.15, 0.2) is 0 Å².